The molecule has 0 aliphatic carbocycles. The molecule has 0 aromatic heterocycles. The molecule has 2 N–H and O–H groups in total. The molecule has 0 saturated carbocycles. The van der Waals surface area contributed by atoms with Gasteiger partial charge in [0, 0.05) is 6.42 Å². The van der Waals surface area contributed by atoms with Gasteiger partial charge in [0.25, 0.3) is 0 Å². The molecule has 1 fully saturated rings. The number of para-hydroxylation sites is 1. The maximum atomic E-state index is 14.0. The molecular formula is C18H17F3N2O3. The van der Waals surface area contributed by atoms with Crippen molar-refractivity contribution in [2.45, 2.75) is 18.6 Å². The highest BCUT2D eigenvalue weighted by Gasteiger charge is 2.39. The van der Waals surface area contributed by atoms with E-state index >= 15 is 0 Å². The van der Waals surface area contributed by atoms with E-state index in [1.54, 1.807) is 6.07 Å². The van der Waals surface area contributed by atoms with Crippen LogP contribution in [0.3, 0.4) is 0 Å². The number of anilines is 1. The predicted molar refractivity (Wildman–Crippen MR) is 88.7 cm³/mol. The molecule has 1 aliphatic rings. The van der Waals surface area contributed by atoms with Crippen molar-refractivity contribution < 1.29 is 27.4 Å². The zero-order valence-corrected chi connectivity index (χ0v) is 13.9. The van der Waals surface area contributed by atoms with Crippen LogP contribution >= 0.6 is 0 Å². The molecule has 138 valence electrons. The third-order valence-electron chi connectivity index (χ3n) is 4.26. The van der Waals surface area contributed by atoms with Gasteiger partial charge in [-0.1, -0.05) is 12.1 Å². The van der Waals surface area contributed by atoms with E-state index in [2.05, 4.69) is 0 Å². The zero-order valence-electron chi connectivity index (χ0n) is 13.9. The summed E-state index contributed by atoms with van der Waals surface area (Å²) >= 11 is 0. The van der Waals surface area contributed by atoms with Crippen molar-refractivity contribution in [3.63, 3.8) is 0 Å². The lowest BCUT2D eigenvalue weighted by Crippen LogP contribution is -2.40. The number of ether oxygens (including phenoxy) is 2. The fourth-order valence-corrected chi connectivity index (χ4v) is 3.08. The molecule has 3 rings (SSSR count). The first-order valence-corrected chi connectivity index (χ1v) is 7.91. The molecule has 0 radical (unpaired) electrons. The van der Waals surface area contributed by atoms with Crippen molar-refractivity contribution in [2.24, 2.45) is 5.73 Å². The van der Waals surface area contributed by atoms with Crippen molar-refractivity contribution in [1.29, 1.82) is 0 Å². The Morgan fingerprint density at radius 2 is 1.88 bits per heavy atom. The second-order valence-corrected chi connectivity index (χ2v) is 5.89. The van der Waals surface area contributed by atoms with E-state index < -0.39 is 35.5 Å². The number of benzene rings is 2. The summed E-state index contributed by atoms with van der Waals surface area (Å²) in [5.74, 6) is -3.71. The highest BCUT2D eigenvalue weighted by atomic mass is 19.2. The van der Waals surface area contributed by atoms with E-state index in [1.165, 1.54) is 36.3 Å². The molecule has 2 aromatic carbocycles. The van der Waals surface area contributed by atoms with E-state index in [0.29, 0.717) is 0 Å². The van der Waals surface area contributed by atoms with Crippen LogP contribution in [0.15, 0.2) is 36.4 Å². The Bertz CT molecular complexity index is 831. The van der Waals surface area contributed by atoms with Crippen molar-refractivity contribution >= 4 is 11.6 Å². The molecule has 0 spiro atoms. The van der Waals surface area contributed by atoms with Crippen LogP contribution in [-0.4, -0.2) is 31.7 Å². The first-order valence-electron chi connectivity index (χ1n) is 7.91. The van der Waals surface area contributed by atoms with Crippen LogP contribution in [0.4, 0.5) is 18.9 Å². The standard InChI is InChI=1S/C18H17F3N2O3/c1-25-17-13(7-6-12(20)16(17)21)23-9-10(8-14(23)18(22)24)26-15-5-3-2-4-11(15)19/h2-7,10,14H,8-9H2,1H3,(H2,22,24)/t10-,14?/m1/s1. The Labute approximate surface area is 148 Å². The van der Waals surface area contributed by atoms with Gasteiger partial charge in [-0.25, -0.2) is 8.78 Å². The average Bonchev–Trinajstić information content (AvgIpc) is 3.03. The van der Waals surface area contributed by atoms with Crippen LogP contribution in [-0.2, 0) is 4.79 Å². The number of rotatable bonds is 5. The highest BCUT2D eigenvalue weighted by Crippen LogP contribution is 2.37. The van der Waals surface area contributed by atoms with Crippen LogP contribution in [0.5, 0.6) is 11.5 Å². The summed E-state index contributed by atoms with van der Waals surface area (Å²) in [6.07, 6.45) is -0.395. The third-order valence-corrected chi connectivity index (χ3v) is 4.26. The largest absolute Gasteiger partial charge is 0.491 e. The molecule has 1 aliphatic heterocycles. The number of halogens is 3. The van der Waals surface area contributed by atoms with Crippen molar-refractivity contribution in [3.8, 4) is 11.5 Å². The normalized spacial score (nSPS) is 19.5. The molecule has 8 heteroatoms. The van der Waals surface area contributed by atoms with E-state index in [4.69, 9.17) is 15.2 Å². The molecule has 1 saturated heterocycles. The Hall–Kier alpha value is -2.90. The van der Waals surface area contributed by atoms with Gasteiger partial charge in [-0.2, -0.15) is 4.39 Å². The number of amides is 1. The molecule has 1 heterocycles. The van der Waals surface area contributed by atoms with E-state index in [-0.39, 0.29) is 30.2 Å². The average molecular weight is 366 g/mol. The first kappa shape index (κ1) is 17.9. The van der Waals surface area contributed by atoms with Gasteiger partial charge in [0.05, 0.1) is 19.3 Å². The molecular weight excluding hydrogens is 349 g/mol. The Morgan fingerprint density at radius 1 is 1.15 bits per heavy atom. The summed E-state index contributed by atoms with van der Waals surface area (Å²) in [7, 11) is 1.20. The lowest BCUT2D eigenvalue weighted by atomic mass is 10.1. The zero-order chi connectivity index (χ0) is 18.8. The van der Waals surface area contributed by atoms with Gasteiger partial charge < -0.3 is 20.1 Å². The summed E-state index contributed by atoms with van der Waals surface area (Å²) < 4.78 is 51.9. The summed E-state index contributed by atoms with van der Waals surface area (Å²) in [5, 5.41) is 0. The number of carbonyl (C=O) groups excluding carboxylic acids is 1. The Balaban J connectivity index is 1.91. The van der Waals surface area contributed by atoms with Crippen molar-refractivity contribution in [3.05, 3.63) is 53.8 Å². The molecule has 1 unspecified atom stereocenters. The lowest BCUT2D eigenvalue weighted by Gasteiger charge is -2.26. The summed E-state index contributed by atoms with van der Waals surface area (Å²) in [6.45, 7) is 0.128. The summed E-state index contributed by atoms with van der Waals surface area (Å²) in [4.78, 5) is 13.3. The van der Waals surface area contributed by atoms with Crippen LogP contribution < -0.4 is 20.1 Å². The highest BCUT2D eigenvalue weighted by molar-refractivity contribution is 5.85. The third kappa shape index (κ3) is 3.26. The maximum absolute atomic E-state index is 14.0. The fourth-order valence-electron chi connectivity index (χ4n) is 3.08. The van der Waals surface area contributed by atoms with Crippen molar-refractivity contribution in [1.82, 2.24) is 0 Å². The number of carbonyl (C=O) groups is 1. The molecule has 1 amide bonds. The molecule has 0 bridgehead atoms. The number of hydrogen-bond donors (Lipinski definition) is 1. The van der Waals surface area contributed by atoms with Gasteiger partial charge in [0.2, 0.25) is 11.7 Å². The van der Waals surface area contributed by atoms with Crippen LogP contribution in [0.2, 0.25) is 0 Å². The van der Waals surface area contributed by atoms with Crippen LogP contribution in [0, 0.1) is 17.5 Å². The second-order valence-electron chi connectivity index (χ2n) is 5.89. The summed E-state index contributed by atoms with van der Waals surface area (Å²) in [6, 6.07) is 7.29. The minimum Gasteiger partial charge on any atom is -0.491 e. The SMILES string of the molecule is COc1c(N2C[C@H](Oc3ccccc3F)CC2C(N)=O)ccc(F)c1F. The van der Waals surface area contributed by atoms with Gasteiger partial charge in [-0.15, -0.1) is 0 Å². The van der Waals surface area contributed by atoms with Gasteiger partial charge in [0.15, 0.2) is 23.1 Å². The van der Waals surface area contributed by atoms with E-state index in [1.807, 2.05) is 0 Å². The van der Waals surface area contributed by atoms with E-state index in [9.17, 15) is 18.0 Å². The van der Waals surface area contributed by atoms with Crippen molar-refractivity contribution in [2.75, 3.05) is 18.6 Å². The van der Waals surface area contributed by atoms with Gasteiger partial charge in [0.1, 0.15) is 12.1 Å². The maximum Gasteiger partial charge on any atom is 0.240 e. The minimum absolute atomic E-state index is 0.0415. The number of nitrogens with zero attached hydrogens (tertiary/aromatic N) is 1. The number of hydrogen-bond acceptors (Lipinski definition) is 4. The minimum atomic E-state index is -1.16. The monoisotopic (exact) mass is 366 g/mol. The number of nitrogens with two attached hydrogens (primary N) is 1. The Kier molecular flexibility index (Phi) is 4.92. The van der Waals surface area contributed by atoms with Crippen LogP contribution in [0.1, 0.15) is 6.42 Å². The molecule has 2 atom stereocenters. The smallest absolute Gasteiger partial charge is 0.240 e. The molecule has 2 aromatic rings. The predicted octanol–water partition coefficient (Wildman–Crippen LogP) is 2.62. The molecule has 5 nitrogen and oxygen atoms in total. The number of primary amides is 1. The fraction of sp³-hybridized carbons (Fsp3) is 0.278. The first-order chi connectivity index (χ1) is 12.4. The van der Waals surface area contributed by atoms with Gasteiger partial charge in [-0.3, -0.25) is 4.79 Å². The Morgan fingerprint density at radius 3 is 2.54 bits per heavy atom. The second kappa shape index (κ2) is 7.15. The number of methoxy groups -OCH3 is 1. The topological polar surface area (TPSA) is 64.8 Å². The quantitative estimate of drug-likeness (QED) is 0.884. The molecule has 26 heavy (non-hydrogen) atoms. The summed E-state index contributed by atoms with van der Waals surface area (Å²) in [5.41, 5.74) is 5.63. The van der Waals surface area contributed by atoms with Gasteiger partial charge >= 0.3 is 0 Å². The lowest BCUT2D eigenvalue weighted by molar-refractivity contribution is -0.119. The van der Waals surface area contributed by atoms with E-state index in [0.717, 1.165) is 6.07 Å². The van der Waals surface area contributed by atoms with Crippen LogP contribution in [0.25, 0.3) is 0 Å². The van der Waals surface area contributed by atoms with Gasteiger partial charge in [-0.05, 0) is 24.3 Å².